The van der Waals surface area contributed by atoms with E-state index in [0.717, 1.165) is 16.2 Å². The molecule has 0 fully saturated rings. The molecule has 0 amide bonds. The third kappa shape index (κ3) is 4.97. The SMILES string of the molecule is COc1ccc(SCCC(=O)Oc2cc(C)ccc2Cl)cc1. The van der Waals surface area contributed by atoms with E-state index in [1.807, 2.05) is 37.3 Å². The molecule has 0 bridgehead atoms. The lowest BCUT2D eigenvalue weighted by molar-refractivity contribution is -0.133. The van der Waals surface area contributed by atoms with Crippen LogP contribution in [0.1, 0.15) is 12.0 Å². The highest BCUT2D eigenvalue weighted by molar-refractivity contribution is 7.99. The molecule has 0 spiro atoms. The average molecular weight is 337 g/mol. The minimum atomic E-state index is -0.284. The molecule has 5 heteroatoms. The fourth-order valence-electron chi connectivity index (χ4n) is 1.79. The Morgan fingerprint density at radius 2 is 1.91 bits per heavy atom. The van der Waals surface area contributed by atoms with Crippen LogP contribution in [0.3, 0.4) is 0 Å². The minimum Gasteiger partial charge on any atom is -0.497 e. The van der Waals surface area contributed by atoms with Gasteiger partial charge in [0.15, 0.2) is 0 Å². The smallest absolute Gasteiger partial charge is 0.312 e. The number of aryl methyl sites for hydroxylation is 1. The number of benzene rings is 2. The van der Waals surface area contributed by atoms with Crippen molar-refractivity contribution >= 4 is 29.3 Å². The molecule has 0 aliphatic heterocycles. The summed E-state index contributed by atoms with van der Waals surface area (Å²) in [5.41, 5.74) is 1.000. The van der Waals surface area contributed by atoms with Crippen molar-refractivity contribution in [3.05, 3.63) is 53.1 Å². The lowest BCUT2D eigenvalue weighted by atomic mass is 10.2. The molecule has 0 N–H and O–H groups in total. The van der Waals surface area contributed by atoms with E-state index in [4.69, 9.17) is 21.1 Å². The summed E-state index contributed by atoms with van der Waals surface area (Å²) in [6, 6.07) is 13.1. The van der Waals surface area contributed by atoms with E-state index in [0.29, 0.717) is 22.9 Å². The Labute approximate surface area is 139 Å². The van der Waals surface area contributed by atoms with Crippen LogP contribution in [0.2, 0.25) is 5.02 Å². The van der Waals surface area contributed by atoms with Gasteiger partial charge >= 0.3 is 5.97 Å². The second-order valence-corrected chi connectivity index (χ2v) is 6.26. The van der Waals surface area contributed by atoms with Gasteiger partial charge in [-0.1, -0.05) is 17.7 Å². The number of methoxy groups -OCH3 is 1. The molecule has 22 heavy (non-hydrogen) atoms. The molecule has 2 aromatic rings. The molecule has 0 radical (unpaired) electrons. The van der Waals surface area contributed by atoms with Crippen LogP contribution >= 0.6 is 23.4 Å². The van der Waals surface area contributed by atoms with Gasteiger partial charge in [-0.05, 0) is 48.9 Å². The molecule has 0 heterocycles. The lowest BCUT2D eigenvalue weighted by Gasteiger charge is -2.07. The molecule has 0 saturated heterocycles. The van der Waals surface area contributed by atoms with Crippen LogP contribution in [0.4, 0.5) is 0 Å². The molecule has 0 aliphatic carbocycles. The number of ether oxygens (including phenoxy) is 2. The second kappa shape index (κ2) is 8.11. The normalized spacial score (nSPS) is 10.3. The standard InChI is InChI=1S/C17H17ClO3S/c1-12-3-8-15(18)16(11-12)21-17(19)9-10-22-14-6-4-13(20-2)5-7-14/h3-8,11H,9-10H2,1-2H3. The molecule has 2 aromatic carbocycles. The van der Waals surface area contributed by atoms with E-state index in [2.05, 4.69) is 0 Å². The molecule has 116 valence electrons. The second-order valence-electron chi connectivity index (χ2n) is 4.68. The van der Waals surface area contributed by atoms with Crippen LogP contribution in [-0.4, -0.2) is 18.8 Å². The lowest BCUT2D eigenvalue weighted by Crippen LogP contribution is -2.09. The Morgan fingerprint density at radius 3 is 2.59 bits per heavy atom. The fourth-order valence-corrected chi connectivity index (χ4v) is 2.78. The molecular formula is C17H17ClO3S. The van der Waals surface area contributed by atoms with Crippen molar-refractivity contribution in [1.82, 2.24) is 0 Å². The highest BCUT2D eigenvalue weighted by Gasteiger charge is 2.09. The molecule has 3 nitrogen and oxygen atoms in total. The van der Waals surface area contributed by atoms with Crippen molar-refractivity contribution in [2.75, 3.05) is 12.9 Å². The maximum atomic E-state index is 11.9. The van der Waals surface area contributed by atoms with Crippen LogP contribution < -0.4 is 9.47 Å². The van der Waals surface area contributed by atoms with Gasteiger partial charge in [0.05, 0.1) is 18.6 Å². The van der Waals surface area contributed by atoms with Crippen LogP contribution in [0.25, 0.3) is 0 Å². The maximum Gasteiger partial charge on any atom is 0.312 e. The van der Waals surface area contributed by atoms with Gasteiger partial charge in [-0.3, -0.25) is 4.79 Å². The fraction of sp³-hybridized carbons (Fsp3) is 0.235. The topological polar surface area (TPSA) is 35.5 Å². The van der Waals surface area contributed by atoms with Gasteiger partial charge in [0.2, 0.25) is 0 Å². The van der Waals surface area contributed by atoms with Crippen molar-refractivity contribution in [2.24, 2.45) is 0 Å². The summed E-state index contributed by atoms with van der Waals surface area (Å²) in [5.74, 6) is 1.60. The molecule has 0 saturated carbocycles. The predicted molar refractivity (Wildman–Crippen MR) is 90.2 cm³/mol. The van der Waals surface area contributed by atoms with Gasteiger partial charge < -0.3 is 9.47 Å². The Balaban J connectivity index is 1.81. The molecular weight excluding hydrogens is 320 g/mol. The first kappa shape index (κ1) is 16.7. The Morgan fingerprint density at radius 1 is 1.18 bits per heavy atom. The summed E-state index contributed by atoms with van der Waals surface area (Å²) in [6.07, 6.45) is 0.320. The van der Waals surface area contributed by atoms with Gasteiger partial charge in [0, 0.05) is 10.6 Å². The molecule has 0 unspecified atom stereocenters. The van der Waals surface area contributed by atoms with Crippen LogP contribution in [0, 0.1) is 6.92 Å². The first-order valence-corrected chi connectivity index (χ1v) is 8.18. The predicted octanol–water partition coefficient (Wildman–Crippen LogP) is 4.74. The third-order valence-corrected chi connectivity index (χ3v) is 4.27. The summed E-state index contributed by atoms with van der Waals surface area (Å²) in [6.45, 7) is 1.92. The van der Waals surface area contributed by atoms with E-state index >= 15 is 0 Å². The van der Waals surface area contributed by atoms with Crippen molar-refractivity contribution < 1.29 is 14.3 Å². The molecule has 0 atom stereocenters. The number of carbonyl (C=O) groups excluding carboxylic acids is 1. The largest absolute Gasteiger partial charge is 0.497 e. The summed E-state index contributed by atoms with van der Waals surface area (Å²) < 4.78 is 10.4. The maximum absolute atomic E-state index is 11.9. The Kier molecular flexibility index (Phi) is 6.16. The molecule has 0 aliphatic rings. The number of esters is 1. The highest BCUT2D eigenvalue weighted by atomic mass is 35.5. The van der Waals surface area contributed by atoms with E-state index in [9.17, 15) is 4.79 Å². The number of halogens is 1. The summed E-state index contributed by atoms with van der Waals surface area (Å²) in [7, 11) is 1.63. The number of hydrogen-bond donors (Lipinski definition) is 0. The number of rotatable bonds is 6. The van der Waals surface area contributed by atoms with Gasteiger partial charge in [-0.25, -0.2) is 0 Å². The molecule has 0 aromatic heterocycles. The van der Waals surface area contributed by atoms with Gasteiger partial charge in [-0.2, -0.15) is 0 Å². The van der Waals surface area contributed by atoms with Crippen molar-refractivity contribution in [3.8, 4) is 11.5 Å². The zero-order valence-corrected chi connectivity index (χ0v) is 14.0. The van der Waals surface area contributed by atoms with Crippen molar-refractivity contribution in [2.45, 2.75) is 18.2 Å². The minimum absolute atomic E-state index is 0.284. The molecule has 2 rings (SSSR count). The van der Waals surface area contributed by atoms with Gasteiger partial charge in [-0.15, -0.1) is 11.8 Å². The Hall–Kier alpha value is -1.65. The first-order chi connectivity index (χ1) is 10.6. The number of carbonyl (C=O) groups is 1. The zero-order valence-electron chi connectivity index (χ0n) is 12.5. The van der Waals surface area contributed by atoms with E-state index < -0.39 is 0 Å². The first-order valence-electron chi connectivity index (χ1n) is 6.82. The monoisotopic (exact) mass is 336 g/mol. The summed E-state index contributed by atoms with van der Waals surface area (Å²) >= 11 is 7.60. The van der Waals surface area contributed by atoms with Crippen molar-refractivity contribution in [1.29, 1.82) is 0 Å². The van der Waals surface area contributed by atoms with Crippen LogP contribution in [0.5, 0.6) is 11.5 Å². The quantitative estimate of drug-likeness (QED) is 0.433. The van der Waals surface area contributed by atoms with E-state index in [1.54, 1.807) is 31.0 Å². The van der Waals surface area contributed by atoms with Crippen LogP contribution in [-0.2, 0) is 4.79 Å². The number of thioether (sulfide) groups is 1. The Bertz CT molecular complexity index is 641. The number of hydrogen-bond acceptors (Lipinski definition) is 4. The third-order valence-electron chi connectivity index (χ3n) is 2.94. The highest BCUT2D eigenvalue weighted by Crippen LogP contribution is 2.26. The zero-order chi connectivity index (χ0) is 15.9. The average Bonchev–Trinajstić information content (AvgIpc) is 2.51. The summed E-state index contributed by atoms with van der Waals surface area (Å²) in [4.78, 5) is 12.9. The van der Waals surface area contributed by atoms with Gasteiger partial charge in [0.1, 0.15) is 11.5 Å². The van der Waals surface area contributed by atoms with E-state index in [1.165, 1.54) is 0 Å². The van der Waals surface area contributed by atoms with Gasteiger partial charge in [0.25, 0.3) is 0 Å². The van der Waals surface area contributed by atoms with Crippen LogP contribution in [0.15, 0.2) is 47.4 Å². The van der Waals surface area contributed by atoms with Crippen molar-refractivity contribution in [3.63, 3.8) is 0 Å². The van der Waals surface area contributed by atoms with E-state index in [-0.39, 0.29) is 5.97 Å². The summed E-state index contributed by atoms with van der Waals surface area (Å²) in [5, 5.41) is 0.446.